The topological polar surface area (TPSA) is 53.1 Å². The van der Waals surface area contributed by atoms with Crippen LogP contribution < -0.4 is 4.74 Å². The molecule has 0 bridgehead atoms. The largest absolute Gasteiger partial charge is 0.492 e. The van der Waals surface area contributed by atoms with Crippen molar-refractivity contribution in [2.75, 3.05) is 12.4 Å². The average molecular weight is 384 g/mol. The Morgan fingerprint density at radius 2 is 1.96 bits per heavy atom. The fourth-order valence-corrected chi connectivity index (χ4v) is 4.44. The van der Waals surface area contributed by atoms with Gasteiger partial charge < -0.3 is 9.15 Å². The first kappa shape index (κ1) is 18.2. The smallest absolute Gasteiger partial charge is 0.200 e. The summed E-state index contributed by atoms with van der Waals surface area (Å²) in [5.41, 5.74) is 1.16. The molecular weight excluding hydrogens is 358 g/mol. The van der Waals surface area contributed by atoms with Crippen LogP contribution in [0.5, 0.6) is 5.75 Å². The third-order valence-electron chi connectivity index (χ3n) is 5.01. The Kier molecular flexibility index (Phi) is 5.82. The number of aromatic nitrogens is 3. The maximum absolute atomic E-state index is 5.93. The second-order valence-electron chi connectivity index (χ2n) is 6.91. The minimum Gasteiger partial charge on any atom is -0.492 e. The van der Waals surface area contributed by atoms with Crippen LogP contribution in [0.1, 0.15) is 43.7 Å². The summed E-state index contributed by atoms with van der Waals surface area (Å²) in [7, 11) is 0. The lowest BCUT2D eigenvalue weighted by molar-refractivity contribution is 0.334. The zero-order valence-corrected chi connectivity index (χ0v) is 16.5. The molecule has 142 valence electrons. The van der Waals surface area contributed by atoms with Gasteiger partial charge >= 0.3 is 0 Å². The van der Waals surface area contributed by atoms with E-state index in [0.717, 1.165) is 33.8 Å². The first-order valence-corrected chi connectivity index (χ1v) is 10.6. The molecule has 0 aliphatic heterocycles. The van der Waals surface area contributed by atoms with Crippen LogP contribution in [-0.4, -0.2) is 27.1 Å². The van der Waals surface area contributed by atoms with Gasteiger partial charge in [0.15, 0.2) is 10.9 Å². The quantitative estimate of drug-likeness (QED) is 0.397. The van der Waals surface area contributed by atoms with Crippen LogP contribution >= 0.6 is 11.8 Å². The van der Waals surface area contributed by atoms with E-state index in [2.05, 4.69) is 27.8 Å². The molecule has 0 atom stereocenters. The molecule has 2 heterocycles. The van der Waals surface area contributed by atoms with Gasteiger partial charge in [0.05, 0.1) is 12.9 Å². The van der Waals surface area contributed by atoms with Gasteiger partial charge in [0.2, 0.25) is 5.82 Å². The minimum atomic E-state index is 0.452. The standard InChI is InChI=1S/C21H25N3O2S/c1-16-8-5-6-11-18(16)26-14-15-27-21-23-22-20(19-12-7-13-25-19)24(21)17-9-3-2-4-10-17/h5-8,11-13,17H,2-4,9-10,14-15H2,1H3. The van der Waals surface area contributed by atoms with E-state index < -0.39 is 0 Å². The second-order valence-corrected chi connectivity index (χ2v) is 7.97. The maximum Gasteiger partial charge on any atom is 0.200 e. The summed E-state index contributed by atoms with van der Waals surface area (Å²) < 4.78 is 13.8. The highest BCUT2D eigenvalue weighted by Crippen LogP contribution is 2.35. The van der Waals surface area contributed by atoms with Crippen molar-refractivity contribution in [3.05, 3.63) is 48.2 Å². The summed E-state index contributed by atoms with van der Waals surface area (Å²) in [6.07, 6.45) is 7.90. The molecule has 0 N–H and O–H groups in total. The molecule has 0 spiro atoms. The lowest BCUT2D eigenvalue weighted by Crippen LogP contribution is -2.15. The zero-order chi connectivity index (χ0) is 18.5. The molecule has 0 radical (unpaired) electrons. The van der Waals surface area contributed by atoms with Crippen LogP contribution in [-0.2, 0) is 0 Å². The van der Waals surface area contributed by atoms with Gasteiger partial charge in [0.25, 0.3) is 0 Å². The minimum absolute atomic E-state index is 0.452. The molecule has 0 amide bonds. The van der Waals surface area contributed by atoms with Gasteiger partial charge in [-0.15, -0.1) is 10.2 Å². The second kappa shape index (κ2) is 8.65. The van der Waals surface area contributed by atoms with Gasteiger partial charge in [-0.3, -0.25) is 4.57 Å². The summed E-state index contributed by atoms with van der Waals surface area (Å²) in [5.74, 6) is 3.41. The van der Waals surface area contributed by atoms with E-state index in [9.17, 15) is 0 Å². The SMILES string of the molecule is Cc1ccccc1OCCSc1nnc(-c2ccco2)n1C1CCCCC1. The number of para-hydroxylation sites is 1. The van der Waals surface area contributed by atoms with Crippen LogP contribution in [0.25, 0.3) is 11.6 Å². The molecule has 1 aliphatic rings. The van der Waals surface area contributed by atoms with Gasteiger partial charge in [0, 0.05) is 11.8 Å². The van der Waals surface area contributed by atoms with Crippen LogP contribution in [0, 0.1) is 6.92 Å². The summed E-state index contributed by atoms with van der Waals surface area (Å²) in [4.78, 5) is 0. The summed E-state index contributed by atoms with van der Waals surface area (Å²) in [5, 5.41) is 9.87. The fraction of sp³-hybridized carbons (Fsp3) is 0.429. The number of rotatable bonds is 7. The number of hydrogen-bond acceptors (Lipinski definition) is 5. The van der Waals surface area contributed by atoms with E-state index in [4.69, 9.17) is 9.15 Å². The summed E-state index contributed by atoms with van der Waals surface area (Å²) in [6.45, 7) is 2.71. The van der Waals surface area contributed by atoms with Crippen molar-refractivity contribution in [1.82, 2.24) is 14.8 Å². The van der Waals surface area contributed by atoms with E-state index in [1.54, 1.807) is 18.0 Å². The van der Waals surface area contributed by atoms with E-state index in [0.29, 0.717) is 12.6 Å². The number of furan rings is 1. The van der Waals surface area contributed by atoms with E-state index in [-0.39, 0.29) is 0 Å². The fourth-order valence-electron chi connectivity index (χ4n) is 3.62. The highest BCUT2D eigenvalue weighted by atomic mass is 32.2. The summed E-state index contributed by atoms with van der Waals surface area (Å²) >= 11 is 1.71. The Morgan fingerprint density at radius 1 is 1.11 bits per heavy atom. The number of ether oxygens (including phenoxy) is 1. The van der Waals surface area contributed by atoms with E-state index >= 15 is 0 Å². The van der Waals surface area contributed by atoms with Crippen molar-refractivity contribution in [2.45, 2.75) is 50.2 Å². The Balaban J connectivity index is 1.46. The zero-order valence-electron chi connectivity index (χ0n) is 15.6. The molecule has 27 heavy (non-hydrogen) atoms. The van der Waals surface area contributed by atoms with Crippen molar-refractivity contribution in [1.29, 1.82) is 0 Å². The van der Waals surface area contributed by atoms with Crippen LogP contribution in [0.15, 0.2) is 52.2 Å². The Morgan fingerprint density at radius 3 is 2.74 bits per heavy atom. The monoisotopic (exact) mass is 383 g/mol. The molecule has 6 heteroatoms. The first-order valence-electron chi connectivity index (χ1n) is 9.63. The number of nitrogens with zero attached hydrogens (tertiary/aromatic N) is 3. The molecular formula is C21H25N3O2S. The Bertz CT molecular complexity index is 854. The van der Waals surface area contributed by atoms with Gasteiger partial charge in [-0.05, 0) is 43.5 Å². The molecule has 1 aromatic carbocycles. The third-order valence-corrected chi connectivity index (χ3v) is 5.92. The number of hydrogen-bond donors (Lipinski definition) is 0. The summed E-state index contributed by atoms with van der Waals surface area (Å²) in [6, 6.07) is 12.4. The van der Waals surface area contributed by atoms with Crippen molar-refractivity contribution in [3.63, 3.8) is 0 Å². The molecule has 1 fully saturated rings. The third kappa shape index (κ3) is 4.21. The average Bonchev–Trinajstić information content (AvgIpc) is 3.37. The van der Waals surface area contributed by atoms with Gasteiger partial charge in [-0.1, -0.05) is 49.2 Å². The lowest BCUT2D eigenvalue weighted by Gasteiger charge is -2.25. The van der Waals surface area contributed by atoms with Gasteiger partial charge in [-0.25, -0.2) is 0 Å². The highest BCUT2D eigenvalue weighted by Gasteiger charge is 2.24. The van der Waals surface area contributed by atoms with Crippen LogP contribution in [0.4, 0.5) is 0 Å². The first-order chi connectivity index (χ1) is 13.3. The van der Waals surface area contributed by atoms with Crippen molar-refractivity contribution in [2.24, 2.45) is 0 Å². The molecule has 0 saturated heterocycles. The Hall–Kier alpha value is -2.21. The van der Waals surface area contributed by atoms with Crippen molar-refractivity contribution >= 4 is 11.8 Å². The van der Waals surface area contributed by atoms with Gasteiger partial charge in [0.1, 0.15) is 5.75 Å². The normalized spacial score (nSPS) is 15.1. The Labute approximate surface area is 164 Å². The van der Waals surface area contributed by atoms with Crippen LogP contribution in [0.3, 0.4) is 0 Å². The molecule has 5 nitrogen and oxygen atoms in total. The van der Waals surface area contributed by atoms with Crippen molar-refractivity contribution in [3.8, 4) is 17.3 Å². The molecule has 2 aromatic heterocycles. The molecule has 0 unspecified atom stereocenters. The number of aryl methyl sites for hydroxylation is 1. The molecule has 1 saturated carbocycles. The predicted octanol–water partition coefficient (Wildman–Crippen LogP) is 5.52. The molecule has 4 rings (SSSR count). The van der Waals surface area contributed by atoms with Gasteiger partial charge in [-0.2, -0.15) is 0 Å². The number of thioether (sulfide) groups is 1. The van der Waals surface area contributed by atoms with E-state index in [1.807, 2.05) is 30.3 Å². The molecule has 3 aromatic rings. The number of benzene rings is 1. The van der Waals surface area contributed by atoms with Crippen molar-refractivity contribution < 1.29 is 9.15 Å². The maximum atomic E-state index is 5.93. The van der Waals surface area contributed by atoms with E-state index in [1.165, 1.54) is 32.1 Å². The van der Waals surface area contributed by atoms with Crippen LogP contribution in [0.2, 0.25) is 0 Å². The highest BCUT2D eigenvalue weighted by molar-refractivity contribution is 7.99. The lowest BCUT2D eigenvalue weighted by atomic mass is 9.95. The molecule has 1 aliphatic carbocycles. The predicted molar refractivity (Wildman–Crippen MR) is 107 cm³/mol.